The summed E-state index contributed by atoms with van der Waals surface area (Å²) in [6.45, 7) is 6.79. The molecule has 0 saturated carbocycles. The second kappa shape index (κ2) is 12.7. The van der Waals surface area contributed by atoms with Crippen LogP contribution in [0.2, 0.25) is 0 Å². The van der Waals surface area contributed by atoms with Crippen LogP contribution in [0.1, 0.15) is 54.9 Å². The van der Waals surface area contributed by atoms with Crippen LogP contribution in [0.5, 0.6) is 0 Å². The minimum atomic E-state index is -1.20. The summed E-state index contributed by atoms with van der Waals surface area (Å²) in [5, 5.41) is 27.9. The lowest BCUT2D eigenvalue weighted by molar-refractivity contribution is -0.144. The summed E-state index contributed by atoms with van der Waals surface area (Å²) in [6, 6.07) is 7.18. The van der Waals surface area contributed by atoms with Crippen LogP contribution in [0.4, 0.5) is 4.79 Å². The fourth-order valence-corrected chi connectivity index (χ4v) is 4.68. The minimum absolute atomic E-state index is 0.0485. The molecule has 1 aromatic carbocycles. The number of rotatable bonds is 11. The molecule has 1 fully saturated rings. The third kappa shape index (κ3) is 7.06. The Morgan fingerprint density at radius 2 is 1.84 bits per heavy atom. The molecule has 11 heteroatoms. The van der Waals surface area contributed by atoms with Crippen molar-refractivity contribution in [1.29, 1.82) is 0 Å². The van der Waals surface area contributed by atoms with Gasteiger partial charge in [-0.25, -0.2) is 9.48 Å². The van der Waals surface area contributed by atoms with Crippen LogP contribution in [-0.4, -0.2) is 92.4 Å². The van der Waals surface area contributed by atoms with Crippen molar-refractivity contribution in [2.24, 2.45) is 11.8 Å². The van der Waals surface area contributed by atoms with Gasteiger partial charge in [-0.2, -0.15) is 0 Å². The Morgan fingerprint density at radius 1 is 1.14 bits per heavy atom. The standard InChI is InChI=1S/C26H37N5O6/c1-17(2)14-30(21-13-19(25(33)34)15-29(16-21)26(35)36)24(32)23-22(7-5-6-12-37-4)31(28-27-23)20-10-8-18(3)9-11-20/h8-11,17,19,21H,5-7,12-16H2,1-4H3,(H,33,34)(H,35,36)/t19-,21+/m1/s1. The first-order valence-corrected chi connectivity index (χ1v) is 12.6. The van der Waals surface area contributed by atoms with Gasteiger partial charge in [0.2, 0.25) is 0 Å². The van der Waals surface area contributed by atoms with E-state index in [9.17, 15) is 24.6 Å². The topological polar surface area (TPSA) is 138 Å². The van der Waals surface area contributed by atoms with E-state index < -0.39 is 24.0 Å². The molecule has 2 amide bonds. The number of hydrogen-bond donors (Lipinski definition) is 2. The van der Waals surface area contributed by atoms with Gasteiger partial charge >= 0.3 is 12.1 Å². The van der Waals surface area contributed by atoms with Crippen LogP contribution < -0.4 is 0 Å². The van der Waals surface area contributed by atoms with Gasteiger partial charge in [0.15, 0.2) is 5.69 Å². The predicted molar refractivity (Wildman–Crippen MR) is 136 cm³/mol. The zero-order valence-corrected chi connectivity index (χ0v) is 22.0. The number of aryl methyl sites for hydroxylation is 1. The summed E-state index contributed by atoms with van der Waals surface area (Å²) in [5.41, 5.74) is 2.76. The van der Waals surface area contributed by atoms with Gasteiger partial charge in [-0.05, 0) is 50.7 Å². The SMILES string of the molecule is COCCCCc1c(C(=O)N(CC(C)C)[C@H]2C[C@@H](C(=O)O)CN(C(=O)O)C2)nnn1-c1ccc(C)cc1. The number of unbranched alkanes of at least 4 members (excludes halogenated alkanes) is 1. The Morgan fingerprint density at radius 3 is 2.43 bits per heavy atom. The number of aliphatic carboxylic acids is 1. The quantitative estimate of drug-likeness (QED) is 0.436. The Labute approximate surface area is 217 Å². The highest BCUT2D eigenvalue weighted by molar-refractivity contribution is 5.94. The number of likely N-dealkylation sites (tertiary alicyclic amines) is 1. The zero-order valence-electron chi connectivity index (χ0n) is 22.0. The van der Waals surface area contributed by atoms with Gasteiger partial charge in [0, 0.05) is 33.4 Å². The molecular weight excluding hydrogens is 478 g/mol. The number of carboxylic acids is 1. The molecule has 2 aromatic rings. The van der Waals surface area contributed by atoms with E-state index in [-0.39, 0.29) is 37.0 Å². The lowest BCUT2D eigenvalue weighted by Gasteiger charge is -2.41. The molecule has 0 bridgehead atoms. The second-order valence-electron chi connectivity index (χ2n) is 10.0. The third-order valence-corrected chi connectivity index (χ3v) is 6.57. The molecule has 0 radical (unpaired) electrons. The van der Waals surface area contributed by atoms with E-state index in [2.05, 4.69) is 10.3 Å². The van der Waals surface area contributed by atoms with E-state index >= 15 is 0 Å². The number of benzene rings is 1. The van der Waals surface area contributed by atoms with Gasteiger partial charge in [-0.3, -0.25) is 9.59 Å². The summed E-state index contributed by atoms with van der Waals surface area (Å²) < 4.78 is 6.85. The molecule has 11 nitrogen and oxygen atoms in total. The molecule has 1 aliphatic rings. The maximum absolute atomic E-state index is 14.0. The maximum atomic E-state index is 14.0. The third-order valence-electron chi connectivity index (χ3n) is 6.57. The summed E-state index contributed by atoms with van der Waals surface area (Å²) in [7, 11) is 1.64. The number of carboxylic acid groups (broad SMARTS) is 2. The number of aromatic nitrogens is 3. The normalized spacial score (nSPS) is 17.7. The fraction of sp³-hybridized carbons (Fsp3) is 0.577. The Kier molecular flexibility index (Phi) is 9.62. The van der Waals surface area contributed by atoms with Crippen molar-refractivity contribution in [3.8, 4) is 5.69 Å². The monoisotopic (exact) mass is 515 g/mol. The second-order valence-corrected chi connectivity index (χ2v) is 10.0. The van der Waals surface area contributed by atoms with Crippen molar-refractivity contribution in [3.63, 3.8) is 0 Å². The van der Waals surface area contributed by atoms with E-state index in [1.807, 2.05) is 45.0 Å². The van der Waals surface area contributed by atoms with Crippen molar-refractivity contribution < 1.29 is 29.3 Å². The molecule has 0 unspecified atom stereocenters. The molecule has 202 valence electrons. The summed E-state index contributed by atoms with van der Waals surface area (Å²) in [5.74, 6) is -2.26. The maximum Gasteiger partial charge on any atom is 0.407 e. The highest BCUT2D eigenvalue weighted by atomic mass is 16.5. The molecule has 1 aromatic heterocycles. The number of carbonyl (C=O) groups is 3. The first-order chi connectivity index (χ1) is 17.6. The first-order valence-electron chi connectivity index (χ1n) is 12.6. The van der Waals surface area contributed by atoms with Crippen molar-refractivity contribution in [3.05, 3.63) is 41.2 Å². The summed E-state index contributed by atoms with van der Waals surface area (Å²) >= 11 is 0. The van der Waals surface area contributed by atoms with Gasteiger partial charge in [0.25, 0.3) is 5.91 Å². The number of hydrogen-bond acceptors (Lipinski definition) is 6. The zero-order chi connectivity index (χ0) is 27.1. The van der Waals surface area contributed by atoms with Crippen molar-refractivity contribution in [2.45, 2.75) is 52.5 Å². The largest absolute Gasteiger partial charge is 0.481 e. The van der Waals surface area contributed by atoms with Crippen LogP contribution in [0, 0.1) is 18.8 Å². The number of nitrogens with zero attached hydrogens (tertiary/aromatic N) is 5. The van der Waals surface area contributed by atoms with Crippen LogP contribution in [0.15, 0.2) is 24.3 Å². The van der Waals surface area contributed by atoms with Crippen molar-refractivity contribution >= 4 is 18.0 Å². The van der Waals surface area contributed by atoms with E-state index in [0.717, 1.165) is 29.0 Å². The fourth-order valence-electron chi connectivity index (χ4n) is 4.68. The first kappa shape index (κ1) is 28.1. The van der Waals surface area contributed by atoms with Crippen LogP contribution >= 0.6 is 0 Å². The average molecular weight is 516 g/mol. The Bertz CT molecular complexity index is 1060. The molecule has 0 aliphatic carbocycles. The molecular formula is C26H37N5O6. The van der Waals surface area contributed by atoms with Gasteiger partial charge in [-0.1, -0.05) is 36.8 Å². The van der Waals surface area contributed by atoms with Crippen LogP contribution in [-0.2, 0) is 16.0 Å². The molecule has 0 spiro atoms. The van der Waals surface area contributed by atoms with Gasteiger partial charge in [-0.15, -0.1) is 5.10 Å². The van der Waals surface area contributed by atoms with Gasteiger partial charge in [0.1, 0.15) is 0 Å². The smallest absolute Gasteiger partial charge is 0.407 e. The molecule has 37 heavy (non-hydrogen) atoms. The average Bonchev–Trinajstić information content (AvgIpc) is 3.28. The van der Waals surface area contributed by atoms with Crippen LogP contribution in [0.3, 0.4) is 0 Å². The highest BCUT2D eigenvalue weighted by Gasteiger charge is 2.39. The number of amides is 2. The van der Waals surface area contributed by atoms with E-state index in [1.165, 1.54) is 0 Å². The Hall–Kier alpha value is -3.47. The molecule has 3 rings (SSSR count). The number of ether oxygens (including phenoxy) is 1. The number of methoxy groups -OCH3 is 1. The molecule has 2 N–H and O–H groups in total. The van der Waals surface area contributed by atoms with Crippen molar-refractivity contribution in [1.82, 2.24) is 24.8 Å². The molecule has 1 saturated heterocycles. The lowest BCUT2D eigenvalue weighted by Crippen LogP contribution is -2.56. The molecule has 2 atom stereocenters. The summed E-state index contributed by atoms with van der Waals surface area (Å²) in [6.07, 6.45) is 1.08. The minimum Gasteiger partial charge on any atom is -0.481 e. The van der Waals surface area contributed by atoms with Crippen LogP contribution in [0.25, 0.3) is 5.69 Å². The lowest BCUT2D eigenvalue weighted by atomic mass is 9.92. The highest BCUT2D eigenvalue weighted by Crippen LogP contribution is 2.26. The van der Waals surface area contributed by atoms with E-state index in [0.29, 0.717) is 25.3 Å². The van der Waals surface area contributed by atoms with E-state index in [4.69, 9.17) is 4.74 Å². The van der Waals surface area contributed by atoms with Gasteiger partial charge < -0.3 is 24.7 Å². The molecule has 2 heterocycles. The van der Waals surface area contributed by atoms with Gasteiger partial charge in [0.05, 0.1) is 23.3 Å². The summed E-state index contributed by atoms with van der Waals surface area (Å²) in [4.78, 5) is 40.3. The Balaban J connectivity index is 1.99. The number of piperidine rings is 1. The predicted octanol–water partition coefficient (Wildman–Crippen LogP) is 3.10. The van der Waals surface area contributed by atoms with E-state index in [1.54, 1.807) is 16.7 Å². The van der Waals surface area contributed by atoms with Crippen molar-refractivity contribution in [2.75, 3.05) is 33.4 Å². The number of carbonyl (C=O) groups excluding carboxylic acids is 1. The molecule has 1 aliphatic heterocycles.